The molecule has 0 bridgehead atoms. The molecule has 0 aliphatic carbocycles. The van der Waals surface area contributed by atoms with E-state index in [4.69, 9.17) is 40.5 Å². The van der Waals surface area contributed by atoms with Crippen molar-refractivity contribution in [3.63, 3.8) is 0 Å². The lowest BCUT2D eigenvalue weighted by atomic mass is 10.1. The molecule has 1 heterocycles. The summed E-state index contributed by atoms with van der Waals surface area (Å²) in [6.07, 6.45) is 0.339. The largest absolute Gasteiger partial charge is 0.365 e. The van der Waals surface area contributed by atoms with Gasteiger partial charge in [0.1, 0.15) is 16.7 Å². The number of carbonyl (C=O) groups excluding carboxylic acids is 2. The second kappa shape index (κ2) is 8.46. The van der Waals surface area contributed by atoms with Gasteiger partial charge in [0, 0.05) is 10.7 Å². The molecule has 0 radical (unpaired) electrons. The molecule has 1 fully saturated rings. The van der Waals surface area contributed by atoms with E-state index in [1.54, 1.807) is 48.5 Å². The highest BCUT2D eigenvalue weighted by atomic mass is 35.5. The van der Waals surface area contributed by atoms with Crippen LogP contribution in [0.1, 0.15) is 5.56 Å². The van der Waals surface area contributed by atoms with Crippen molar-refractivity contribution < 1.29 is 9.59 Å². The first-order valence-corrected chi connectivity index (χ1v) is 9.97. The van der Waals surface area contributed by atoms with Crippen molar-refractivity contribution in [2.24, 2.45) is 5.73 Å². The van der Waals surface area contributed by atoms with E-state index >= 15 is 0 Å². The topological polar surface area (TPSA) is 87.2 Å². The van der Waals surface area contributed by atoms with Crippen molar-refractivity contribution in [1.29, 1.82) is 5.26 Å². The second-order valence-corrected chi connectivity index (χ2v) is 8.31. The molecule has 0 saturated carbocycles. The van der Waals surface area contributed by atoms with Crippen molar-refractivity contribution in [2.75, 3.05) is 4.90 Å². The fourth-order valence-corrected chi connectivity index (χ4v) is 4.47. The van der Waals surface area contributed by atoms with Gasteiger partial charge in [-0.3, -0.25) is 14.5 Å². The van der Waals surface area contributed by atoms with Gasteiger partial charge in [-0.15, -0.1) is 0 Å². The van der Waals surface area contributed by atoms with Gasteiger partial charge in [-0.1, -0.05) is 52.6 Å². The maximum Gasteiger partial charge on any atom is 0.262 e. The molecule has 1 aliphatic rings. The lowest BCUT2D eigenvalue weighted by Crippen LogP contribution is -2.31. The molecule has 9 heteroatoms. The maximum atomic E-state index is 13.1. The first kappa shape index (κ1) is 20.6. The van der Waals surface area contributed by atoms with Gasteiger partial charge >= 0.3 is 0 Å². The van der Waals surface area contributed by atoms with Crippen molar-refractivity contribution in [3.8, 4) is 6.07 Å². The minimum Gasteiger partial charge on any atom is -0.365 e. The third kappa shape index (κ3) is 4.13. The minimum absolute atomic E-state index is 0.201. The third-order valence-electron chi connectivity index (χ3n) is 4.01. The zero-order chi connectivity index (χ0) is 20.4. The fourth-order valence-electron chi connectivity index (χ4n) is 2.71. The maximum absolute atomic E-state index is 13.1. The van der Waals surface area contributed by atoms with E-state index < -0.39 is 11.2 Å². The summed E-state index contributed by atoms with van der Waals surface area (Å²) in [5.41, 5.74) is 6.36. The molecule has 0 spiro atoms. The smallest absolute Gasteiger partial charge is 0.262 e. The highest BCUT2D eigenvalue weighted by Gasteiger charge is 2.40. The molecular weight excluding hydrogens is 441 g/mol. The first-order chi connectivity index (χ1) is 13.3. The zero-order valence-electron chi connectivity index (χ0n) is 14.2. The summed E-state index contributed by atoms with van der Waals surface area (Å²) in [4.78, 5) is 26.2. The first-order valence-electron chi connectivity index (χ1n) is 7.96. The van der Waals surface area contributed by atoms with Crippen LogP contribution in [0.3, 0.4) is 0 Å². The molecular formula is C19H12Cl3N3O2S. The molecule has 1 aliphatic heterocycles. The van der Waals surface area contributed by atoms with Crippen LogP contribution in [0, 0.1) is 11.3 Å². The van der Waals surface area contributed by atoms with Crippen LogP contribution in [0.5, 0.6) is 0 Å². The zero-order valence-corrected chi connectivity index (χ0v) is 17.2. The fraction of sp³-hybridized carbons (Fsp3) is 0.105. The van der Waals surface area contributed by atoms with Crippen LogP contribution < -0.4 is 10.6 Å². The molecule has 1 saturated heterocycles. The van der Waals surface area contributed by atoms with Crippen molar-refractivity contribution in [1.82, 2.24) is 0 Å². The molecule has 2 amide bonds. The number of thioether (sulfide) groups is 1. The predicted molar refractivity (Wildman–Crippen MR) is 112 cm³/mol. The number of carbonyl (C=O) groups is 2. The summed E-state index contributed by atoms with van der Waals surface area (Å²) in [5.74, 6) is -1.17. The van der Waals surface area contributed by atoms with Crippen molar-refractivity contribution >= 4 is 64.1 Å². The number of halogens is 3. The Kier molecular flexibility index (Phi) is 6.21. The molecule has 142 valence electrons. The normalized spacial score (nSPS) is 18.1. The highest BCUT2D eigenvalue weighted by Crippen LogP contribution is 2.42. The van der Waals surface area contributed by atoms with Gasteiger partial charge in [0.05, 0.1) is 15.3 Å². The van der Waals surface area contributed by atoms with E-state index in [0.29, 0.717) is 27.2 Å². The quantitative estimate of drug-likeness (QED) is 0.544. The Balaban J connectivity index is 2.02. The van der Waals surface area contributed by atoms with Crippen LogP contribution in [0.15, 0.2) is 53.1 Å². The highest BCUT2D eigenvalue weighted by molar-refractivity contribution is 8.05. The van der Waals surface area contributed by atoms with Crippen LogP contribution >= 0.6 is 46.6 Å². The number of nitrogens with two attached hydrogens (primary N) is 1. The lowest BCUT2D eigenvalue weighted by molar-refractivity contribution is -0.117. The average Bonchev–Trinajstić information content (AvgIpc) is 2.95. The lowest BCUT2D eigenvalue weighted by Gasteiger charge is -2.18. The Hall–Kier alpha value is -2.17. The van der Waals surface area contributed by atoms with Gasteiger partial charge in [-0.05, 0) is 48.4 Å². The van der Waals surface area contributed by atoms with E-state index in [-0.39, 0.29) is 16.5 Å². The van der Waals surface area contributed by atoms with Gasteiger partial charge in [-0.25, -0.2) is 0 Å². The molecule has 2 aromatic carbocycles. The number of amides is 2. The van der Waals surface area contributed by atoms with E-state index in [1.165, 1.54) is 4.90 Å². The standard InChI is InChI=1S/C19H12Cl3N3O2S/c20-11-2-4-12(5-3-11)25-18(27)16(28-19(25)13(9-23)17(24)26)8-10-1-6-14(21)15(22)7-10/h1-7,16H,8H2,(H2,24,26)/b19-13-/t16-/m0/s1. The summed E-state index contributed by atoms with van der Waals surface area (Å²) in [6, 6.07) is 13.4. The summed E-state index contributed by atoms with van der Waals surface area (Å²) >= 11 is 19.0. The number of nitriles is 1. The molecule has 2 aromatic rings. The van der Waals surface area contributed by atoms with E-state index in [2.05, 4.69) is 0 Å². The Morgan fingerprint density at radius 1 is 1.14 bits per heavy atom. The van der Waals surface area contributed by atoms with Crippen molar-refractivity contribution in [3.05, 3.63) is 73.7 Å². The van der Waals surface area contributed by atoms with Crippen LogP contribution in [0.2, 0.25) is 15.1 Å². The van der Waals surface area contributed by atoms with Gasteiger partial charge in [-0.2, -0.15) is 5.26 Å². The minimum atomic E-state index is -0.896. The van der Waals surface area contributed by atoms with E-state index in [1.807, 2.05) is 0 Å². The Morgan fingerprint density at radius 2 is 1.82 bits per heavy atom. The summed E-state index contributed by atoms with van der Waals surface area (Å²) < 4.78 is 0. The van der Waals surface area contributed by atoms with Crippen LogP contribution in [0.4, 0.5) is 5.69 Å². The van der Waals surface area contributed by atoms with Crippen LogP contribution in [-0.4, -0.2) is 17.1 Å². The SMILES string of the molecule is N#C/C(C(N)=O)=C1/S[C@@H](Cc2ccc(Cl)c(Cl)c2)C(=O)N1c1ccc(Cl)cc1. The van der Waals surface area contributed by atoms with Gasteiger partial charge in [0.25, 0.3) is 5.91 Å². The second-order valence-electron chi connectivity index (χ2n) is 5.87. The van der Waals surface area contributed by atoms with Gasteiger partial charge < -0.3 is 5.73 Å². The Morgan fingerprint density at radius 3 is 2.39 bits per heavy atom. The van der Waals surface area contributed by atoms with Gasteiger partial charge in [0.15, 0.2) is 0 Å². The van der Waals surface area contributed by atoms with Crippen LogP contribution in [0.25, 0.3) is 0 Å². The number of hydrogen-bond acceptors (Lipinski definition) is 4. The third-order valence-corrected chi connectivity index (χ3v) is 6.27. The predicted octanol–water partition coefficient (Wildman–Crippen LogP) is 4.56. The monoisotopic (exact) mass is 451 g/mol. The average molecular weight is 453 g/mol. The molecule has 0 unspecified atom stereocenters. The number of benzene rings is 2. The Labute approximate surface area is 180 Å². The summed E-state index contributed by atoms with van der Waals surface area (Å²) in [5, 5.41) is 10.3. The number of anilines is 1. The van der Waals surface area contributed by atoms with Crippen molar-refractivity contribution in [2.45, 2.75) is 11.7 Å². The molecule has 0 aromatic heterocycles. The Bertz CT molecular complexity index is 1030. The number of primary amides is 1. The summed E-state index contributed by atoms with van der Waals surface area (Å²) in [7, 11) is 0. The summed E-state index contributed by atoms with van der Waals surface area (Å²) in [6.45, 7) is 0. The number of hydrogen-bond donors (Lipinski definition) is 1. The number of rotatable bonds is 4. The molecule has 28 heavy (non-hydrogen) atoms. The molecule has 5 nitrogen and oxygen atoms in total. The molecule has 1 atom stereocenters. The van der Waals surface area contributed by atoms with E-state index in [0.717, 1.165) is 17.3 Å². The molecule has 2 N–H and O–H groups in total. The van der Waals surface area contributed by atoms with Gasteiger partial charge in [0.2, 0.25) is 5.91 Å². The van der Waals surface area contributed by atoms with Crippen LogP contribution in [-0.2, 0) is 16.0 Å². The van der Waals surface area contributed by atoms with E-state index in [9.17, 15) is 14.9 Å². The number of nitrogens with zero attached hydrogens (tertiary/aromatic N) is 2. The molecule has 3 rings (SSSR count).